The molecule has 0 bridgehead atoms. The lowest BCUT2D eigenvalue weighted by Gasteiger charge is -2.40. The van der Waals surface area contributed by atoms with Crippen LogP contribution < -0.4 is 20.1 Å². The lowest BCUT2D eigenvalue weighted by Crippen LogP contribution is -3.06. The van der Waals surface area contributed by atoms with Gasteiger partial charge in [0.1, 0.15) is 0 Å². The number of aromatic nitrogens is 3. The number of quaternary nitrogens is 2. The van der Waals surface area contributed by atoms with E-state index in [1.165, 1.54) is 17.7 Å². The molecular weight excluding hydrogens is 546 g/mol. The highest BCUT2D eigenvalue weighted by Crippen LogP contribution is 2.25. The number of hydrogen-bond acceptors (Lipinski definition) is 5. The molecule has 234 valence electrons. The zero-order valence-corrected chi connectivity index (χ0v) is 28.6. The molecule has 0 saturated carbocycles. The molecule has 4 heterocycles. The van der Waals surface area contributed by atoms with E-state index in [9.17, 15) is 4.79 Å². The summed E-state index contributed by atoms with van der Waals surface area (Å²) in [5.41, 5.74) is 5.12. The van der Waals surface area contributed by atoms with E-state index in [-0.39, 0.29) is 5.43 Å². The number of H-pyrrole nitrogens is 1. The number of rotatable bonds is 8. The Morgan fingerprint density at radius 3 is 1.98 bits per heavy atom. The molecule has 4 rings (SSSR count). The molecule has 8 nitrogen and oxygen atoms in total. The molecule has 0 radical (unpaired) electrons. The van der Waals surface area contributed by atoms with Gasteiger partial charge < -0.3 is 24.2 Å². The standard InChI is InChI=1S/C27H37N7O.C3H8.C2H6.CH3Cl/c1-6-32(12-11-31(2)3)21-7-9-28-24(17-21)26-19-23(35)20-27(30-26)25-18-22(8-10-29-25)33-13-15-34(4,5)16-14-33;1-3-2;2*1-2/h7-10,17-20H,6,11-16H2,1-5H3;3H2,1-2H3;1-2H3;1H3/p+2. The van der Waals surface area contributed by atoms with Gasteiger partial charge in [-0.05, 0) is 31.2 Å². The van der Waals surface area contributed by atoms with Crippen LogP contribution in [-0.4, -0.2) is 99.8 Å². The first-order valence-electron chi connectivity index (χ1n) is 15.3. The third-order valence-electron chi connectivity index (χ3n) is 6.83. The maximum absolute atomic E-state index is 12.7. The predicted octanol–water partition coefficient (Wildman–Crippen LogP) is 4.66. The minimum Gasteiger partial charge on any atom is -0.366 e. The van der Waals surface area contributed by atoms with E-state index in [4.69, 9.17) is 0 Å². The first-order chi connectivity index (χ1) is 20.2. The van der Waals surface area contributed by atoms with Crippen LogP contribution in [0.25, 0.3) is 22.8 Å². The fourth-order valence-corrected chi connectivity index (χ4v) is 4.44. The van der Waals surface area contributed by atoms with E-state index in [0.29, 0.717) is 11.4 Å². The van der Waals surface area contributed by atoms with E-state index in [0.717, 1.165) is 73.1 Å². The van der Waals surface area contributed by atoms with Gasteiger partial charge in [0.2, 0.25) is 0 Å². The molecule has 3 aromatic heterocycles. The van der Waals surface area contributed by atoms with E-state index in [1.54, 1.807) is 12.1 Å². The average molecular weight is 602 g/mol. The van der Waals surface area contributed by atoms with Gasteiger partial charge in [-0.25, -0.2) is 0 Å². The van der Waals surface area contributed by atoms with Crippen molar-refractivity contribution in [3.8, 4) is 22.8 Å². The Hall–Kier alpha value is -2.94. The van der Waals surface area contributed by atoms with Crippen LogP contribution in [0.15, 0.2) is 53.6 Å². The smallest absolute Gasteiger partial charge is 0.182 e. The number of aromatic amines is 1. The zero-order valence-electron chi connectivity index (χ0n) is 27.8. The number of nitrogens with zero attached hydrogens (tertiary/aromatic N) is 5. The summed E-state index contributed by atoms with van der Waals surface area (Å²) in [5.74, 6) is 0. The summed E-state index contributed by atoms with van der Waals surface area (Å²) in [4.78, 5) is 31.4. The summed E-state index contributed by atoms with van der Waals surface area (Å²) in [6.07, 6.45) is 6.37. The van der Waals surface area contributed by atoms with Gasteiger partial charge in [-0.1, -0.05) is 34.1 Å². The van der Waals surface area contributed by atoms with Crippen LogP contribution in [0, 0.1) is 0 Å². The molecule has 2 N–H and O–H groups in total. The molecule has 1 aliphatic heterocycles. The molecule has 9 heteroatoms. The van der Waals surface area contributed by atoms with Crippen molar-refractivity contribution in [2.75, 3.05) is 90.2 Å². The first kappa shape index (κ1) is 37.1. The van der Waals surface area contributed by atoms with Gasteiger partial charge in [-0.3, -0.25) is 14.8 Å². The SMILES string of the molecule is CC.CCC.CCN(CC[NH+](C)C)c1ccnc(-c2cc(=O)cc(-c3cc(N4CC[N+](C)(C)CC4)ccn3)[nH]2)c1.CCl. The molecule has 0 atom stereocenters. The highest BCUT2D eigenvalue weighted by molar-refractivity contribution is 6.15. The molecule has 1 saturated heterocycles. The van der Waals surface area contributed by atoms with Crippen molar-refractivity contribution in [2.24, 2.45) is 0 Å². The molecule has 0 amide bonds. The largest absolute Gasteiger partial charge is 0.366 e. The van der Waals surface area contributed by atoms with Crippen molar-refractivity contribution in [1.29, 1.82) is 0 Å². The number of nitrogens with one attached hydrogen (secondary N) is 2. The fraction of sp³-hybridized carbons (Fsp3) is 0.545. The van der Waals surface area contributed by atoms with Crippen molar-refractivity contribution in [3.63, 3.8) is 0 Å². The van der Waals surface area contributed by atoms with E-state index in [1.807, 2.05) is 32.3 Å². The van der Waals surface area contributed by atoms with Gasteiger partial charge in [0.15, 0.2) is 5.43 Å². The molecule has 0 spiro atoms. The van der Waals surface area contributed by atoms with Crippen molar-refractivity contribution in [2.45, 2.75) is 41.0 Å². The topological polar surface area (TPSA) is 69.6 Å². The van der Waals surface area contributed by atoms with Crippen LogP contribution in [0.3, 0.4) is 0 Å². The summed E-state index contributed by atoms with van der Waals surface area (Å²) in [5, 5.41) is 0. The number of piperazine rings is 1. The Morgan fingerprint density at radius 1 is 0.929 bits per heavy atom. The van der Waals surface area contributed by atoms with Crippen molar-refractivity contribution >= 4 is 23.0 Å². The summed E-state index contributed by atoms with van der Waals surface area (Å²) in [6.45, 7) is 17.6. The van der Waals surface area contributed by atoms with Crippen LogP contribution in [0.1, 0.15) is 41.0 Å². The van der Waals surface area contributed by atoms with Gasteiger partial charge in [-0.15, -0.1) is 11.6 Å². The van der Waals surface area contributed by atoms with Crippen LogP contribution in [0.5, 0.6) is 0 Å². The van der Waals surface area contributed by atoms with Crippen LogP contribution >= 0.6 is 11.6 Å². The highest BCUT2D eigenvalue weighted by atomic mass is 35.5. The minimum absolute atomic E-state index is 0.0614. The molecule has 1 aliphatic rings. The monoisotopic (exact) mass is 601 g/mol. The summed E-state index contributed by atoms with van der Waals surface area (Å²) < 4.78 is 1.04. The third kappa shape index (κ3) is 11.7. The summed E-state index contributed by atoms with van der Waals surface area (Å²) in [6, 6.07) is 11.5. The van der Waals surface area contributed by atoms with E-state index < -0.39 is 0 Å². The summed E-state index contributed by atoms with van der Waals surface area (Å²) in [7, 11) is 8.88. The van der Waals surface area contributed by atoms with Gasteiger partial charge >= 0.3 is 0 Å². The second-order valence-electron chi connectivity index (χ2n) is 11.1. The van der Waals surface area contributed by atoms with Gasteiger partial charge in [-0.2, -0.15) is 0 Å². The number of anilines is 2. The Morgan fingerprint density at radius 2 is 1.45 bits per heavy atom. The Balaban J connectivity index is 0.00000116. The van der Waals surface area contributed by atoms with Gasteiger partial charge in [0, 0.05) is 48.8 Å². The van der Waals surface area contributed by atoms with E-state index >= 15 is 0 Å². The van der Waals surface area contributed by atoms with Crippen molar-refractivity contribution < 1.29 is 9.38 Å². The number of halogens is 1. The minimum atomic E-state index is -0.0614. The highest BCUT2D eigenvalue weighted by Gasteiger charge is 2.24. The van der Waals surface area contributed by atoms with Crippen molar-refractivity contribution in [3.05, 3.63) is 59.0 Å². The molecule has 1 fully saturated rings. The fourth-order valence-electron chi connectivity index (χ4n) is 4.44. The third-order valence-corrected chi connectivity index (χ3v) is 6.83. The Labute approximate surface area is 259 Å². The molecule has 42 heavy (non-hydrogen) atoms. The average Bonchev–Trinajstić information content (AvgIpc) is 3.00. The maximum atomic E-state index is 12.7. The summed E-state index contributed by atoms with van der Waals surface area (Å²) >= 11 is 4.64. The van der Waals surface area contributed by atoms with Crippen LogP contribution in [0.4, 0.5) is 11.4 Å². The predicted molar refractivity (Wildman–Crippen MR) is 182 cm³/mol. The molecular formula is C33H56ClN7O+2. The molecule has 0 unspecified atom stereocenters. The zero-order chi connectivity index (χ0) is 31.7. The van der Waals surface area contributed by atoms with Gasteiger partial charge in [0.25, 0.3) is 0 Å². The Bertz CT molecular complexity index is 1150. The lowest BCUT2D eigenvalue weighted by atomic mass is 10.1. The van der Waals surface area contributed by atoms with Crippen LogP contribution in [-0.2, 0) is 0 Å². The number of alkyl halides is 1. The van der Waals surface area contributed by atoms with Crippen molar-refractivity contribution in [1.82, 2.24) is 15.0 Å². The lowest BCUT2D eigenvalue weighted by molar-refractivity contribution is -0.890. The number of pyridine rings is 3. The maximum Gasteiger partial charge on any atom is 0.182 e. The second kappa shape index (κ2) is 19.3. The normalized spacial score (nSPS) is 13.6. The number of likely N-dealkylation sites (N-methyl/N-ethyl adjacent to an activating group) is 3. The quantitative estimate of drug-likeness (QED) is 0.290. The van der Waals surface area contributed by atoms with Gasteiger partial charge in [0.05, 0.1) is 90.2 Å². The molecule has 0 aromatic carbocycles. The van der Waals surface area contributed by atoms with Crippen LogP contribution in [0.2, 0.25) is 0 Å². The molecule has 3 aromatic rings. The first-order valence-corrected chi connectivity index (χ1v) is 16.1. The van der Waals surface area contributed by atoms with E-state index in [2.05, 4.69) is 104 Å². The molecule has 0 aliphatic carbocycles. The number of hydrogen-bond donors (Lipinski definition) is 2. The second-order valence-corrected chi connectivity index (χ2v) is 11.1. The Kier molecular flexibility index (Phi) is 17.0.